The lowest BCUT2D eigenvalue weighted by molar-refractivity contribution is 0.0462. The van der Waals surface area contributed by atoms with Gasteiger partial charge < -0.3 is 10.1 Å². The fraction of sp³-hybridized carbons (Fsp3) is 0.417. The second kappa shape index (κ2) is 3.88. The van der Waals surface area contributed by atoms with Crippen molar-refractivity contribution in [2.45, 2.75) is 6.54 Å². The Bertz CT molecular complexity index is 455. The van der Waals surface area contributed by atoms with E-state index in [-0.39, 0.29) is 0 Å². The average molecular weight is 217 g/mol. The summed E-state index contributed by atoms with van der Waals surface area (Å²) in [5.74, 6) is 1.47. The highest BCUT2D eigenvalue weighted by Crippen LogP contribution is 2.18. The molecule has 0 atom stereocenters. The van der Waals surface area contributed by atoms with Gasteiger partial charge >= 0.3 is 0 Å². The molecule has 84 valence electrons. The summed E-state index contributed by atoms with van der Waals surface area (Å²) in [5.41, 5.74) is 2.12. The lowest BCUT2D eigenvalue weighted by atomic mass is 10.0. The predicted molar refractivity (Wildman–Crippen MR) is 61.9 cm³/mol. The molecule has 0 unspecified atom stereocenters. The van der Waals surface area contributed by atoms with Crippen molar-refractivity contribution in [3.05, 3.63) is 30.1 Å². The van der Waals surface area contributed by atoms with E-state index in [1.165, 1.54) is 0 Å². The number of fused-ring (bicyclic) bond motifs is 1. The highest BCUT2D eigenvalue weighted by molar-refractivity contribution is 5.74. The minimum absolute atomic E-state index is 0.302. The third kappa shape index (κ3) is 1.70. The molecule has 1 aromatic carbocycles. The lowest BCUT2D eigenvalue weighted by Gasteiger charge is -2.37. The highest BCUT2D eigenvalue weighted by Gasteiger charge is 2.26. The van der Waals surface area contributed by atoms with Crippen LogP contribution in [0, 0.1) is 5.92 Å². The first-order valence-corrected chi connectivity index (χ1v) is 5.62. The number of H-pyrrole nitrogens is 1. The molecule has 2 aromatic rings. The molecule has 0 bridgehead atoms. The molecule has 0 radical (unpaired) electrons. The Morgan fingerprint density at radius 3 is 2.94 bits per heavy atom. The van der Waals surface area contributed by atoms with Crippen LogP contribution in [0.4, 0.5) is 0 Å². The van der Waals surface area contributed by atoms with E-state index in [0.717, 1.165) is 36.5 Å². The maximum Gasteiger partial charge on any atom is 0.121 e. The van der Waals surface area contributed by atoms with Gasteiger partial charge in [-0.1, -0.05) is 12.1 Å². The number of aliphatic hydroxyl groups is 1. The molecule has 1 aliphatic rings. The van der Waals surface area contributed by atoms with Gasteiger partial charge in [-0.15, -0.1) is 0 Å². The van der Waals surface area contributed by atoms with Gasteiger partial charge in [0.05, 0.1) is 17.6 Å². The second-order valence-corrected chi connectivity index (χ2v) is 4.44. The lowest BCUT2D eigenvalue weighted by Crippen LogP contribution is -2.47. The first-order chi connectivity index (χ1) is 7.85. The molecule has 1 aliphatic heterocycles. The van der Waals surface area contributed by atoms with Gasteiger partial charge in [-0.2, -0.15) is 0 Å². The molecule has 1 fully saturated rings. The Kier molecular flexibility index (Phi) is 2.38. The number of aromatic nitrogens is 2. The number of imidazole rings is 1. The molecule has 0 saturated carbocycles. The normalized spacial score (nSPS) is 17.8. The number of nitrogens with one attached hydrogen (secondary N) is 1. The van der Waals surface area contributed by atoms with Crippen LogP contribution < -0.4 is 0 Å². The molecule has 2 N–H and O–H groups in total. The minimum atomic E-state index is 0.302. The van der Waals surface area contributed by atoms with Gasteiger partial charge in [0.25, 0.3) is 0 Å². The van der Waals surface area contributed by atoms with Crippen molar-refractivity contribution in [3.63, 3.8) is 0 Å². The summed E-state index contributed by atoms with van der Waals surface area (Å²) >= 11 is 0. The molecular formula is C12H15N3O. The summed E-state index contributed by atoms with van der Waals surface area (Å²) in [6.07, 6.45) is 0. The minimum Gasteiger partial charge on any atom is -0.396 e. The summed E-state index contributed by atoms with van der Waals surface area (Å²) in [7, 11) is 0. The fourth-order valence-corrected chi connectivity index (χ4v) is 2.21. The molecule has 1 saturated heterocycles. The Labute approximate surface area is 93.9 Å². The van der Waals surface area contributed by atoms with Crippen LogP contribution in [0.25, 0.3) is 11.0 Å². The molecule has 4 heteroatoms. The number of hydrogen-bond acceptors (Lipinski definition) is 3. The van der Waals surface area contributed by atoms with Crippen LogP contribution in [0.5, 0.6) is 0 Å². The van der Waals surface area contributed by atoms with Gasteiger partial charge in [0.1, 0.15) is 5.82 Å². The first-order valence-electron chi connectivity index (χ1n) is 5.62. The van der Waals surface area contributed by atoms with E-state index in [1.54, 1.807) is 0 Å². The van der Waals surface area contributed by atoms with Gasteiger partial charge in [0, 0.05) is 25.6 Å². The monoisotopic (exact) mass is 217 g/mol. The van der Waals surface area contributed by atoms with E-state index in [9.17, 15) is 0 Å². The van der Waals surface area contributed by atoms with Crippen LogP contribution in [0.3, 0.4) is 0 Å². The largest absolute Gasteiger partial charge is 0.396 e. The SMILES string of the molecule is OCC1CN(Cc2nc3ccccc3[nH]2)C1. The zero-order valence-electron chi connectivity index (χ0n) is 9.06. The van der Waals surface area contributed by atoms with Crippen LogP contribution in [0.2, 0.25) is 0 Å². The molecule has 1 aromatic heterocycles. The zero-order chi connectivity index (χ0) is 11.0. The highest BCUT2D eigenvalue weighted by atomic mass is 16.3. The van der Waals surface area contributed by atoms with Crippen molar-refractivity contribution in [2.24, 2.45) is 5.92 Å². The van der Waals surface area contributed by atoms with Crippen molar-refractivity contribution in [1.29, 1.82) is 0 Å². The summed E-state index contributed by atoms with van der Waals surface area (Å²) in [6, 6.07) is 8.06. The van der Waals surface area contributed by atoms with E-state index in [4.69, 9.17) is 5.11 Å². The summed E-state index contributed by atoms with van der Waals surface area (Å²) < 4.78 is 0. The van der Waals surface area contributed by atoms with E-state index in [0.29, 0.717) is 12.5 Å². The van der Waals surface area contributed by atoms with E-state index in [1.807, 2.05) is 24.3 Å². The third-order valence-corrected chi connectivity index (χ3v) is 3.10. The van der Waals surface area contributed by atoms with Crippen molar-refractivity contribution >= 4 is 11.0 Å². The zero-order valence-corrected chi connectivity index (χ0v) is 9.06. The van der Waals surface area contributed by atoms with Crippen molar-refractivity contribution in [2.75, 3.05) is 19.7 Å². The Balaban J connectivity index is 1.71. The molecule has 0 amide bonds. The Morgan fingerprint density at radius 2 is 2.19 bits per heavy atom. The fourth-order valence-electron chi connectivity index (χ4n) is 2.21. The standard InChI is InChI=1S/C12H15N3O/c16-8-9-5-15(6-9)7-12-13-10-3-1-2-4-11(10)14-12/h1-4,9,16H,5-8H2,(H,13,14). The first kappa shape index (κ1) is 9.81. The van der Waals surface area contributed by atoms with Gasteiger partial charge in [0.15, 0.2) is 0 Å². The van der Waals surface area contributed by atoms with Crippen LogP contribution in [0.1, 0.15) is 5.82 Å². The maximum atomic E-state index is 8.93. The summed E-state index contributed by atoms with van der Waals surface area (Å²) in [6.45, 7) is 3.11. The van der Waals surface area contributed by atoms with Crippen molar-refractivity contribution in [3.8, 4) is 0 Å². The number of benzene rings is 1. The number of likely N-dealkylation sites (tertiary alicyclic amines) is 1. The molecular weight excluding hydrogens is 202 g/mol. The predicted octanol–water partition coefficient (Wildman–Crippen LogP) is 0.987. The van der Waals surface area contributed by atoms with Crippen LogP contribution in [-0.2, 0) is 6.54 Å². The number of nitrogens with zero attached hydrogens (tertiary/aromatic N) is 2. The van der Waals surface area contributed by atoms with E-state index in [2.05, 4.69) is 14.9 Å². The van der Waals surface area contributed by atoms with Crippen molar-refractivity contribution in [1.82, 2.24) is 14.9 Å². The number of aliphatic hydroxyl groups excluding tert-OH is 1. The Morgan fingerprint density at radius 1 is 1.38 bits per heavy atom. The third-order valence-electron chi connectivity index (χ3n) is 3.10. The molecule has 16 heavy (non-hydrogen) atoms. The second-order valence-electron chi connectivity index (χ2n) is 4.44. The summed E-state index contributed by atoms with van der Waals surface area (Å²) in [4.78, 5) is 10.1. The van der Waals surface area contributed by atoms with Gasteiger partial charge in [-0.3, -0.25) is 4.90 Å². The maximum absolute atomic E-state index is 8.93. The van der Waals surface area contributed by atoms with Gasteiger partial charge in [-0.25, -0.2) is 4.98 Å². The molecule has 0 aliphatic carbocycles. The number of para-hydroxylation sites is 2. The van der Waals surface area contributed by atoms with Crippen molar-refractivity contribution < 1.29 is 5.11 Å². The number of rotatable bonds is 3. The topological polar surface area (TPSA) is 52.1 Å². The molecule has 4 nitrogen and oxygen atoms in total. The molecule has 2 heterocycles. The van der Waals surface area contributed by atoms with Crippen LogP contribution in [-0.4, -0.2) is 39.7 Å². The number of hydrogen-bond donors (Lipinski definition) is 2. The summed E-state index contributed by atoms with van der Waals surface area (Å²) in [5, 5.41) is 8.93. The van der Waals surface area contributed by atoms with Gasteiger partial charge in [0.2, 0.25) is 0 Å². The quantitative estimate of drug-likeness (QED) is 0.806. The smallest absolute Gasteiger partial charge is 0.121 e. The number of aromatic amines is 1. The van der Waals surface area contributed by atoms with E-state index < -0.39 is 0 Å². The van der Waals surface area contributed by atoms with Crippen LogP contribution in [0.15, 0.2) is 24.3 Å². The van der Waals surface area contributed by atoms with Crippen LogP contribution >= 0.6 is 0 Å². The molecule has 0 spiro atoms. The Hall–Kier alpha value is -1.39. The van der Waals surface area contributed by atoms with E-state index >= 15 is 0 Å². The molecule has 3 rings (SSSR count). The average Bonchev–Trinajstić information content (AvgIpc) is 2.65. The van der Waals surface area contributed by atoms with Gasteiger partial charge in [-0.05, 0) is 12.1 Å².